The van der Waals surface area contributed by atoms with Gasteiger partial charge in [-0.2, -0.15) is 34.8 Å². The van der Waals surface area contributed by atoms with Gasteiger partial charge in [-0.1, -0.05) is 11.6 Å². The lowest BCUT2D eigenvalue weighted by molar-refractivity contribution is -0.137. The van der Waals surface area contributed by atoms with Crippen LogP contribution in [0.4, 0.5) is 32.0 Å². The highest BCUT2D eigenvalue weighted by Gasteiger charge is 2.44. The van der Waals surface area contributed by atoms with Crippen LogP contribution in [0.25, 0.3) is 10.9 Å². The summed E-state index contributed by atoms with van der Waals surface area (Å²) in [6.45, 7) is 0. The third kappa shape index (κ3) is 7.49. The predicted octanol–water partition coefficient (Wildman–Crippen LogP) is 7.27. The number of benzene rings is 3. The fourth-order valence-electron chi connectivity index (χ4n) is 3.04. The lowest BCUT2D eigenvalue weighted by Gasteiger charge is -2.09. The largest absolute Gasteiger partial charge is 0.522 e. The molecule has 3 aromatic carbocycles. The zero-order valence-electron chi connectivity index (χ0n) is 19.1. The number of rotatable bonds is 3. The minimum Gasteiger partial charge on any atom is -0.457 e. The van der Waals surface area contributed by atoms with Crippen LogP contribution in [-0.2, 0) is 23.3 Å². The van der Waals surface area contributed by atoms with Crippen LogP contribution in [0.3, 0.4) is 0 Å². The second kappa shape index (κ2) is 11.1. The summed E-state index contributed by atoms with van der Waals surface area (Å²) in [5.74, 6) is 0.830. The van der Waals surface area contributed by atoms with E-state index < -0.39 is 27.4 Å². The maximum absolute atomic E-state index is 12.7. The Hall–Kier alpha value is -3.55. The molecule has 0 aliphatic rings. The first kappa shape index (κ1) is 29.0. The fraction of sp³-hybridized carbons (Fsp3) is 0.125. The lowest BCUT2D eigenvalue weighted by atomic mass is 10.2. The van der Waals surface area contributed by atoms with Crippen molar-refractivity contribution in [3.8, 4) is 11.5 Å². The number of pyridine rings is 1. The molecule has 0 saturated carbocycles. The van der Waals surface area contributed by atoms with E-state index in [9.17, 15) is 26.3 Å². The Morgan fingerprint density at radius 2 is 1.39 bits per heavy atom. The van der Waals surface area contributed by atoms with E-state index in [1.165, 1.54) is 12.1 Å². The molecule has 1 aromatic heterocycles. The number of hydrogen-bond acceptors (Lipinski definition) is 4. The van der Waals surface area contributed by atoms with Crippen LogP contribution in [0.2, 0.25) is 5.02 Å². The summed E-state index contributed by atoms with van der Waals surface area (Å²) in [5.41, 5.74) is -4.56. The van der Waals surface area contributed by atoms with E-state index in [1.54, 1.807) is 24.3 Å². The summed E-state index contributed by atoms with van der Waals surface area (Å²) in [6.07, 6.45) is -2.45. The average Bonchev–Trinajstić information content (AvgIpc) is 2.81. The second-order valence-electron chi connectivity index (χ2n) is 7.62. The molecule has 0 bridgehead atoms. The zero-order valence-corrected chi connectivity index (χ0v) is 20.7. The van der Waals surface area contributed by atoms with Crippen molar-refractivity contribution in [2.75, 3.05) is 0 Å². The molecule has 1 N–H and O–H groups in total. The van der Waals surface area contributed by atoms with Crippen LogP contribution in [0, 0.1) is 0 Å². The lowest BCUT2D eigenvalue weighted by Crippen LogP contribution is -2.21. The zero-order chi connectivity index (χ0) is 28.3. The van der Waals surface area contributed by atoms with E-state index in [0.717, 1.165) is 34.1 Å². The van der Waals surface area contributed by atoms with Crippen molar-refractivity contribution >= 4 is 38.3 Å². The second-order valence-corrected chi connectivity index (χ2v) is 9.47. The molecule has 0 unspecified atom stereocenters. The smallest absolute Gasteiger partial charge is 0.457 e. The van der Waals surface area contributed by atoms with E-state index in [2.05, 4.69) is 4.99 Å². The van der Waals surface area contributed by atoms with Gasteiger partial charge >= 0.3 is 21.8 Å². The molecule has 0 aliphatic heterocycles. The number of ether oxygens (including phenoxy) is 1. The molecule has 14 heteroatoms. The highest BCUT2D eigenvalue weighted by Crippen LogP contribution is 2.31. The molecule has 1 heterocycles. The van der Waals surface area contributed by atoms with Gasteiger partial charge in [-0.05, 0) is 72.8 Å². The number of alkyl halides is 6. The third-order valence-corrected chi connectivity index (χ3v) is 5.69. The minimum absolute atomic E-state index is 0.325. The SMILES string of the molecule is Cn1ccc(=Nc2ccc(Oc3ccc(C(F)(F)F)cc3)cc2)c2ccc(Cl)cc21.O=S(=O)(O)C(F)(F)F. The molecule has 0 saturated heterocycles. The fourth-order valence-corrected chi connectivity index (χ4v) is 3.21. The molecule has 4 rings (SSSR count). The molecule has 0 aliphatic carbocycles. The van der Waals surface area contributed by atoms with Gasteiger partial charge < -0.3 is 9.30 Å². The molecule has 4 aromatic rings. The van der Waals surface area contributed by atoms with Gasteiger partial charge in [-0.15, -0.1) is 0 Å². The molecular weight excluding hydrogens is 562 g/mol. The summed E-state index contributed by atoms with van der Waals surface area (Å²) in [4.78, 5) is 4.69. The topological polar surface area (TPSA) is 80.9 Å². The number of hydrogen-bond donors (Lipinski definition) is 1. The first-order valence-corrected chi connectivity index (χ1v) is 12.1. The molecule has 0 fully saturated rings. The Balaban J connectivity index is 0.000000436. The molecule has 0 radical (unpaired) electrons. The van der Waals surface area contributed by atoms with Gasteiger partial charge in [0.1, 0.15) is 11.5 Å². The minimum atomic E-state index is -5.84. The maximum atomic E-state index is 12.7. The first-order chi connectivity index (χ1) is 17.5. The number of aryl methyl sites for hydroxylation is 1. The summed E-state index contributed by atoms with van der Waals surface area (Å²) in [6, 6.07) is 19.1. The normalized spacial score (nSPS) is 12.7. The van der Waals surface area contributed by atoms with Crippen LogP contribution in [0.1, 0.15) is 5.56 Å². The third-order valence-electron chi connectivity index (χ3n) is 4.87. The highest BCUT2D eigenvalue weighted by atomic mass is 35.5. The first-order valence-electron chi connectivity index (χ1n) is 10.3. The van der Waals surface area contributed by atoms with Crippen LogP contribution in [-0.4, -0.2) is 23.0 Å². The number of fused-ring (bicyclic) bond motifs is 1. The summed E-state index contributed by atoms with van der Waals surface area (Å²) in [5, 5.41) is 2.42. The van der Waals surface area contributed by atoms with Crippen molar-refractivity contribution in [2.24, 2.45) is 12.0 Å². The van der Waals surface area contributed by atoms with Crippen LogP contribution in [0.15, 0.2) is 84.0 Å². The van der Waals surface area contributed by atoms with Crippen LogP contribution in [0.5, 0.6) is 11.5 Å². The molecule has 6 nitrogen and oxygen atoms in total. The van der Waals surface area contributed by atoms with Gasteiger partial charge in [0.2, 0.25) is 0 Å². The van der Waals surface area contributed by atoms with Crippen molar-refractivity contribution < 1.29 is 44.0 Å². The quantitative estimate of drug-likeness (QED) is 0.157. The Kier molecular flexibility index (Phi) is 8.44. The van der Waals surface area contributed by atoms with E-state index in [4.69, 9.17) is 29.3 Å². The van der Waals surface area contributed by atoms with E-state index in [0.29, 0.717) is 16.5 Å². The highest BCUT2D eigenvalue weighted by molar-refractivity contribution is 7.86. The molecule has 0 spiro atoms. The van der Waals surface area contributed by atoms with E-state index >= 15 is 0 Å². The van der Waals surface area contributed by atoms with Gasteiger partial charge in [0.15, 0.2) is 0 Å². The van der Waals surface area contributed by atoms with Crippen molar-refractivity contribution in [3.05, 3.63) is 94.9 Å². The average molecular weight is 579 g/mol. The van der Waals surface area contributed by atoms with Gasteiger partial charge in [0.05, 0.1) is 22.1 Å². The summed E-state index contributed by atoms with van der Waals surface area (Å²) in [7, 11) is -3.90. The van der Waals surface area contributed by atoms with Gasteiger partial charge in [0.25, 0.3) is 0 Å². The number of aromatic nitrogens is 1. The summed E-state index contributed by atoms with van der Waals surface area (Å²) >= 11 is 6.10. The molecule has 202 valence electrons. The van der Waals surface area contributed by atoms with Gasteiger partial charge in [0, 0.05) is 23.7 Å². The van der Waals surface area contributed by atoms with E-state index in [1.807, 2.05) is 42.1 Å². The molecule has 0 atom stereocenters. The van der Waals surface area contributed by atoms with Crippen molar-refractivity contribution in [2.45, 2.75) is 11.7 Å². The maximum Gasteiger partial charge on any atom is 0.522 e. The molecular formula is C24H17ClF6N2O4S. The monoisotopic (exact) mass is 578 g/mol. The van der Waals surface area contributed by atoms with Crippen LogP contribution < -0.4 is 10.1 Å². The van der Waals surface area contributed by atoms with Gasteiger partial charge in [-0.3, -0.25) is 4.55 Å². The van der Waals surface area contributed by atoms with Gasteiger partial charge in [-0.25, -0.2) is 4.99 Å². The van der Waals surface area contributed by atoms with E-state index in [-0.39, 0.29) is 0 Å². The Morgan fingerprint density at radius 1 is 0.868 bits per heavy atom. The standard InChI is InChI=1S/C23H16ClF3N2O.CHF3O3S/c1-29-13-12-21(20-11-4-16(24)14-22(20)29)28-17-5-9-19(10-6-17)30-18-7-2-15(3-8-18)23(25,26)27;2-1(3,4)8(5,6)7/h2-14H,1H3;(H,5,6,7). The predicted molar refractivity (Wildman–Crippen MR) is 129 cm³/mol. The molecule has 38 heavy (non-hydrogen) atoms. The van der Waals surface area contributed by atoms with Crippen molar-refractivity contribution in [3.63, 3.8) is 0 Å². The Labute approximate surface area is 217 Å². The number of halogens is 7. The van der Waals surface area contributed by atoms with Crippen LogP contribution >= 0.6 is 11.6 Å². The Morgan fingerprint density at radius 3 is 1.89 bits per heavy atom. The van der Waals surface area contributed by atoms with Crippen molar-refractivity contribution in [1.29, 1.82) is 0 Å². The summed E-state index contributed by atoms with van der Waals surface area (Å²) < 4.78 is 103. The van der Waals surface area contributed by atoms with Crippen molar-refractivity contribution in [1.82, 2.24) is 4.57 Å². The molecule has 0 amide bonds. The number of nitrogens with zero attached hydrogens (tertiary/aromatic N) is 2. The Bertz CT molecular complexity index is 1600.